The van der Waals surface area contributed by atoms with E-state index in [1.54, 1.807) is 35.2 Å². The standard InChI is InChI=1S/C23H19FN2O3/c24-19-9-6-16(7-10-19)13-25-23(28)18-8-11-21-20(12-18)26(22(27)15-29-21)14-17-4-2-1-3-5-17/h1-12H,13-15H2,(H,25,28). The summed E-state index contributed by atoms with van der Waals surface area (Å²) in [5, 5.41) is 2.81. The summed E-state index contributed by atoms with van der Waals surface area (Å²) in [4.78, 5) is 26.7. The highest BCUT2D eigenvalue weighted by Gasteiger charge is 2.26. The molecule has 5 nitrogen and oxygen atoms in total. The van der Waals surface area contributed by atoms with Gasteiger partial charge in [0.15, 0.2) is 6.61 Å². The third-order valence-corrected chi connectivity index (χ3v) is 4.71. The molecular weight excluding hydrogens is 371 g/mol. The summed E-state index contributed by atoms with van der Waals surface area (Å²) in [5.41, 5.74) is 2.77. The van der Waals surface area contributed by atoms with Gasteiger partial charge in [-0.25, -0.2) is 4.39 Å². The largest absolute Gasteiger partial charge is 0.482 e. The lowest BCUT2D eigenvalue weighted by Crippen LogP contribution is -2.38. The van der Waals surface area contributed by atoms with E-state index in [0.717, 1.165) is 11.1 Å². The quantitative estimate of drug-likeness (QED) is 0.723. The number of fused-ring (bicyclic) bond motifs is 1. The van der Waals surface area contributed by atoms with Crippen LogP contribution in [-0.4, -0.2) is 18.4 Å². The van der Waals surface area contributed by atoms with Gasteiger partial charge in [0.05, 0.1) is 12.2 Å². The Balaban J connectivity index is 1.53. The van der Waals surface area contributed by atoms with Gasteiger partial charge in [0.25, 0.3) is 11.8 Å². The van der Waals surface area contributed by atoms with Crippen molar-refractivity contribution < 1.29 is 18.7 Å². The summed E-state index contributed by atoms with van der Waals surface area (Å²) in [7, 11) is 0. The number of nitrogens with one attached hydrogen (secondary N) is 1. The molecule has 1 aliphatic rings. The Bertz CT molecular complexity index is 1040. The highest BCUT2D eigenvalue weighted by Crippen LogP contribution is 2.34. The first-order valence-corrected chi connectivity index (χ1v) is 9.24. The van der Waals surface area contributed by atoms with Gasteiger partial charge >= 0.3 is 0 Å². The van der Waals surface area contributed by atoms with Crippen molar-refractivity contribution in [2.45, 2.75) is 13.1 Å². The first kappa shape index (κ1) is 18.7. The molecule has 3 aromatic rings. The Kier molecular flexibility index (Phi) is 5.24. The van der Waals surface area contributed by atoms with Crippen LogP contribution in [0.2, 0.25) is 0 Å². The first-order chi connectivity index (χ1) is 14.1. The maximum absolute atomic E-state index is 13.0. The molecule has 0 unspecified atom stereocenters. The third kappa shape index (κ3) is 4.27. The molecule has 0 aromatic heterocycles. The Labute approximate surface area is 167 Å². The molecule has 29 heavy (non-hydrogen) atoms. The van der Waals surface area contributed by atoms with E-state index in [9.17, 15) is 14.0 Å². The van der Waals surface area contributed by atoms with Crippen molar-refractivity contribution in [1.82, 2.24) is 5.32 Å². The molecule has 1 N–H and O–H groups in total. The number of anilines is 1. The summed E-state index contributed by atoms with van der Waals surface area (Å²) < 4.78 is 18.5. The summed E-state index contributed by atoms with van der Waals surface area (Å²) in [6, 6.07) is 20.6. The van der Waals surface area contributed by atoms with E-state index in [1.165, 1.54) is 12.1 Å². The van der Waals surface area contributed by atoms with Gasteiger partial charge in [0, 0.05) is 12.1 Å². The number of halogens is 1. The number of benzene rings is 3. The van der Waals surface area contributed by atoms with E-state index >= 15 is 0 Å². The summed E-state index contributed by atoms with van der Waals surface area (Å²) in [6.45, 7) is 0.645. The number of hydrogen-bond donors (Lipinski definition) is 1. The van der Waals surface area contributed by atoms with Gasteiger partial charge in [0.2, 0.25) is 0 Å². The number of amides is 2. The van der Waals surface area contributed by atoms with Crippen LogP contribution in [0.25, 0.3) is 0 Å². The zero-order valence-corrected chi connectivity index (χ0v) is 15.6. The minimum atomic E-state index is -0.321. The second kappa shape index (κ2) is 8.14. The Morgan fingerprint density at radius 2 is 1.76 bits per heavy atom. The zero-order chi connectivity index (χ0) is 20.2. The Hall–Kier alpha value is -3.67. The van der Waals surface area contributed by atoms with Crippen molar-refractivity contribution in [3.8, 4) is 5.75 Å². The molecule has 4 rings (SSSR count). The van der Waals surface area contributed by atoms with Crippen LogP contribution in [-0.2, 0) is 17.9 Å². The minimum absolute atomic E-state index is 0.0318. The number of carbonyl (C=O) groups excluding carboxylic acids is 2. The van der Waals surface area contributed by atoms with Crippen molar-refractivity contribution in [3.63, 3.8) is 0 Å². The molecule has 1 aliphatic heterocycles. The fourth-order valence-electron chi connectivity index (χ4n) is 3.17. The van der Waals surface area contributed by atoms with Gasteiger partial charge in [-0.3, -0.25) is 9.59 Å². The van der Waals surface area contributed by atoms with E-state index in [-0.39, 0.29) is 30.8 Å². The monoisotopic (exact) mass is 390 g/mol. The van der Waals surface area contributed by atoms with Crippen LogP contribution in [0.15, 0.2) is 72.8 Å². The number of hydrogen-bond acceptors (Lipinski definition) is 3. The van der Waals surface area contributed by atoms with Crippen molar-refractivity contribution in [2.75, 3.05) is 11.5 Å². The molecule has 0 aliphatic carbocycles. The second-order valence-electron chi connectivity index (χ2n) is 6.75. The molecule has 0 saturated heterocycles. The molecular formula is C23H19FN2O3. The van der Waals surface area contributed by atoms with E-state index in [1.807, 2.05) is 30.3 Å². The van der Waals surface area contributed by atoms with Gasteiger partial charge in [-0.1, -0.05) is 42.5 Å². The summed E-state index contributed by atoms with van der Waals surface area (Å²) in [6.07, 6.45) is 0. The molecule has 6 heteroatoms. The zero-order valence-electron chi connectivity index (χ0n) is 15.6. The Morgan fingerprint density at radius 1 is 1.00 bits per heavy atom. The smallest absolute Gasteiger partial charge is 0.265 e. The van der Waals surface area contributed by atoms with Gasteiger partial charge < -0.3 is 15.0 Å². The van der Waals surface area contributed by atoms with Gasteiger partial charge in [-0.2, -0.15) is 0 Å². The van der Waals surface area contributed by atoms with Crippen molar-refractivity contribution in [3.05, 3.63) is 95.3 Å². The van der Waals surface area contributed by atoms with Crippen molar-refractivity contribution in [2.24, 2.45) is 0 Å². The molecule has 2 amide bonds. The van der Waals surface area contributed by atoms with Crippen LogP contribution in [0.4, 0.5) is 10.1 Å². The summed E-state index contributed by atoms with van der Waals surface area (Å²) >= 11 is 0. The highest BCUT2D eigenvalue weighted by molar-refractivity contribution is 6.01. The second-order valence-corrected chi connectivity index (χ2v) is 6.75. The van der Waals surface area contributed by atoms with Crippen molar-refractivity contribution >= 4 is 17.5 Å². The van der Waals surface area contributed by atoms with Crippen LogP contribution in [0.3, 0.4) is 0 Å². The molecule has 0 saturated carbocycles. The maximum atomic E-state index is 13.0. The van der Waals surface area contributed by atoms with E-state index in [4.69, 9.17) is 4.74 Å². The molecule has 0 radical (unpaired) electrons. The Morgan fingerprint density at radius 3 is 2.52 bits per heavy atom. The normalized spacial score (nSPS) is 12.9. The third-order valence-electron chi connectivity index (χ3n) is 4.71. The van der Waals surface area contributed by atoms with Crippen LogP contribution in [0.5, 0.6) is 5.75 Å². The summed E-state index contributed by atoms with van der Waals surface area (Å²) in [5.74, 6) is -0.200. The fourth-order valence-corrected chi connectivity index (χ4v) is 3.17. The number of nitrogens with zero attached hydrogens (tertiary/aromatic N) is 1. The maximum Gasteiger partial charge on any atom is 0.265 e. The average Bonchev–Trinajstić information content (AvgIpc) is 2.75. The molecule has 3 aromatic carbocycles. The first-order valence-electron chi connectivity index (χ1n) is 9.24. The van der Waals surface area contributed by atoms with Crippen LogP contribution >= 0.6 is 0 Å². The molecule has 146 valence electrons. The molecule has 0 bridgehead atoms. The molecule has 0 fully saturated rings. The van der Waals surface area contributed by atoms with Crippen molar-refractivity contribution in [1.29, 1.82) is 0 Å². The number of ether oxygens (including phenoxy) is 1. The van der Waals surface area contributed by atoms with Gasteiger partial charge in [-0.15, -0.1) is 0 Å². The number of rotatable bonds is 5. The minimum Gasteiger partial charge on any atom is -0.482 e. The predicted octanol–water partition coefficient (Wildman–Crippen LogP) is 3.68. The van der Waals surface area contributed by atoms with Gasteiger partial charge in [0.1, 0.15) is 11.6 Å². The lowest BCUT2D eigenvalue weighted by atomic mass is 10.1. The highest BCUT2D eigenvalue weighted by atomic mass is 19.1. The molecule has 0 spiro atoms. The van der Waals surface area contributed by atoms with Crippen LogP contribution in [0, 0.1) is 5.82 Å². The fraction of sp³-hybridized carbons (Fsp3) is 0.130. The van der Waals surface area contributed by atoms with Crippen LogP contribution < -0.4 is 15.0 Å². The lowest BCUT2D eigenvalue weighted by Gasteiger charge is -2.29. The SMILES string of the molecule is O=C(NCc1ccc(F)cc1)c1ccc2c(c1)N(Cc1ccccc1)C(=O)CO2. The molecule has 1 heterocycles. The lowest BCUT2D eigenvalue weighted by molar-refractivity contribution is -0.121. The van der Waals surface area contributed by atoms with E-state index in [0.29, 0.717) is 23.5 Å². The average molecular weight is 390 g/mol. The predicted molar refractivity (Wildman–Crippen MR) is 107 cm³/mol. The van der Waals surface area contributed by atoms with E-state index < -0.39 is 0 Å². The van der Waals surface area contributed by atoms with Crippen LogP contribution in [0.1, 0.15) is 21.5 Å². The van der Waals surface area contributed by atoms with Gasteiger partial charge in [-0.05, 0) is 41.5 Å². The molecule has 0 atom stereocenters. The number of carbonyl (C=O) groups is 2. The topological polar surface area (TPSA) is 58.6 Å². The van der Waals surface area contributed by atoms with E-state index in [2.05, 4.69) is 5.32 Å².